The van der Waals surface area contributed by atoms with E-state index in [1.807, 2.05) is 0 Å². The molecule has 0 bridgehead atoms. The number of nitrogens with zero attached hydrogens (tertiary/aromatic N) is 1. The van der Waals surface area contributed by atoms with Gasteiger partial charge in [0, 0.05) is 11.8 Å². The van der Waals surface area contributed by atoms with E-state index in [2.05, 4.69) is 4.98 Å². The standard InChI is InChI=1S/C10H15N3O5/c1-4-2-13(10(17)12-8(4)16)9-6(11)7(15)5(3-14)18-9/h2,5-7,9,14-15H,3,11H2,1H3,(H,12,16,17)/t5-,6-,7-,9-/m1/s1. The maximum atomic E-state index is 11.7. The molecule has 2 heterocycles. The molecule has 1 aromatic heterocycles. The van der Waals surface area contributed by atoms with Gasteiger partial charge in [-0.15, -0.1) is 0 Å². The predicted molar refractivity (Wildman–Crippen MR) is 61.0 cm³/mol. The molecule has 100 valence electrons. The number of nitrogens with two attached hydrogens (primary N) is 1. The van der Waals surface area contributed by atoms with E-state index >= 15 is 0 Å². The molecule has 0 unspecified atom stereocenters. The van der Waals surface area contributed by atoms with Crippen molar-refractivity contribution in [3.63, 3.8) is 0 Å². The second-order valence-electron chi connectivity index (χ2n) is 4.29. The van der Waals surface area contributed by atoms with Crippen LogP contribution in [0.5, 0.6) is 0 Å². The second-order valence-corrected chi connectivity index (χ2v) is 4.29. The average molecular weight is 257 g/mol. The summed E-state index contributed by atoms with van der Waals surface area (Å²) in [4.78, 5) is 25.0. The van der Waals surface area contributed by atoms with Gasteiger partial charge in [-0.25, -0.2) is 4.79 Å². The summed E-state index contributed by atoms with van der Waals surface area (Å²) >= 11 is 0. The summed E-state index contributed by atoms with van der Waals surface area (Å²) in [6.07, 6.45) is -1.51. The van der Waals surface area contributed by atoms with Crippen molar-refractivity contribution in [1.82, 2.24) is 9.55 Å². The summed E-state index contributed by atoms with van der Waals surface area (Å²) in [6, 6.07) is -0.856. The molecule has 2 rings (SSSR count). The molecule has 0 aromatic carbocycles. The number of aromatic nitrogens is 2. The highest BCUT2D eigenvalue weighted by Gasteiger charge is 2.42. The molecule has 4 atom stereocenters. The van der Waals surface area contributed by atoms with Gasteiger partial charge in [0.15, 0.2) is 6.23 Å². The van der Waals surface area contributed by atoms with Gasteiger partial charge in [-0.2, -0.15) is 0 Å². The van der Waals surface area contributed by atoms with Crippen LogP contribution in [0.2, 0.25) is 0 Å². The number of aryl methyl sites for hydroxylation is 1. The van der Waals surface area contributed by atoms with Gasteiger partial charge in [-0.3, -0.25) is 14.3 Å². The van der Waals surface area contributed by atoms with Crippen LogP contribution in [0.15, 0.2) is 15.8 Å². The van der Waals surface area contributed by atoms with Gasteiger partial charge in [0.05, 0.1) is 12.6 Å². The lowest BCUT2D eigenvalue weighted by molar-refractivity contribution is -0.0465. The van der Waals surface area contributed by atoms with E-state index in [0.29, 0.717) is 5.56 Å². The van der Waals surface area contributed by atoms with Crippen molar-refractivity contribution in [1.29, 1.82) is 0 Å². The molecular weight excluding hydrogens is 242 g/mol. The zero-order valence-electron chi connectivity index (χ0n) is 9.74. The highest BCUT2D eigenvalue weighted by atomic mass is 16.5. The fourth-order valence-corrected chi connectivity index (χ4v) is 1.94. The van der Waals surface area contributed by atoms with E-state index in [1.165, 1.54) is 13.1 Å². The normalized spacial score (nSPS) is 31.8. The lowest BCUT2D eigenvalue weighted by atomic mass is 10.1. The largest absolute Gasteiger partial charge is 0.394 e. The zero-order chi connectivity index (χ0) is 13.4. The molecule has 1 aromatic rings. The van der Waals surface area contributed by atoms with Gasteiger partial charge in [0.1, 0.15) is 12.2 Å². The van der Waals surface area contributed by atoms with Crippen LogP contribution in [0.4, 0.5) is 0 Å². The van der Waals surface area contributed by atoms with Crippen molar-refractivity contribution >= 4 is 0 Å². The van der Waals surface area contributed by atoms with E-state index in [-0.39, 0.29) is 0 Å². The minimum Gasteiger partial charge on any atom is -0.394 e. The smallest absolute Gasteiger partial charge is 0.330 e. The first-order valence-electron chi connectivity index (χ1n) is 5.47. The first-order valence-corrected chi connectivity index (χ1v) is 5.47. The zero-order valence-corrected chi connectivity index (χ0v) is 9.74. The lowest BCUT2D eigenvalue weighted by Crippen LogP contribution is -2.43. The summed E-state index contributed by atoms with van der Waals surface area (Å²) < 4.78 is 6.42. The summed E-state index contributed by atoms with van der Waals surface area (Å²) in [5.74, 6) is 0. The predicted octanol–water partition coefficient (Wildman–Crippen LogP) is -2.58. The Morgan fingerprint density at radius 2 is 2.22 bits per heavy atom. The average Bonchev–Trinajstić information content (AvgIpc) is 2.61. The van der Waals surface area contributed by atoms with Crippen molar-refractivity contribution in [2.45, 2.75) is 31.4 Å². The quantitative estimate of drug-likeness (QED) is 0.460. The molecule has 5 N–H and O–H groups in total. The topological polar surface area (TPSA) is 131 Å². The van der Waals surface area contributed by atoms with Crippen LogP contribution >= 0.6 is 0 Å². The molecule has 0 saturated carbocycles. The number of aliphatic hydroxyl groups is 2. The Hall–Kier alpha value is -1.48. The fraction of sp³-hybridized carbons (Fsp3) is 0.600. The third kappa shape index (κ3) is 1.99. The Labute approximate surface area is 102 Å². The summed E-state index contributed by atoms with van der Waals surface area (Å²) in [5.41, 5.74) is 4.91. The van der Waals surface area contributed by atoms with Gasteiger partial charge >= 0.3 is 5.69 Å². The fourth-order valence-electron chi connectivity index (χ4n) is 1.94. The highest BCUT2D eigenvalue weighted by molar-refractivity contribution is 5.03. The van der Waals surface area contributed by atoms with Crippen LogP contribution in [0.1, 0.15) is 11.8 Å². The Morgan fingerprint density at radius 3 is 2.78 bits per heavy atom. The highest BCUT2D eigenvalue weighted by Crippen LogP contribution is 2.26. The minimum atomic E-state index is -1.07. The van der Waals surface area contributed by atoms with Gasteiger partial charge < -0.3 is 20.7 Å². The lowest BCUT2D eigenvalue weighted by Gasteiger charge is -2.18. The van der Waals surface area contributed by atoms with Gasteiger partial charge in [0.25, 0.3) is 5.56 Å². The molecule has 8 nitrogen and oxygen atoms in total. The number of H-pyrrole nitrogens is 1. The monoisotopic (exact) mass is 257 g/mol. The summed E-state index contributed by atoms with van der Waals surface area (Å²) in [7, 11) is 0. The number of hydrogen-bond donors (Lipinski definition) is 4. The molecule has 0 aliphatic carbocycles. The molecule has 18 heavy (non-hydrogen) atoms. The molecule has 8 heteroatoms. The Bertz CT molecular complexity index is 551. The van der Waals surface area contributed by atoms with E-state index in [1.54, 1.807) is 0 Å². The SMILES string of the molecule is Cc1cn([C@@H]2O[C@H](CO)[C@@H](O)[C@H]2N)c(=O)[nH]c1=O. The van der Waals surface area contributed by atoms with Crippen molar-refractivity contribution in [2.24, 2.45) is 5.73 Å². The van der Waals surface area contributed by atoms with E-state index in [4.69, 9.17) is 15.6 Å². The molecule has 0 amide bonds. The molecular formula is C10H15N3O5. The number of hydrogen-bond acceptors (Lipinski definition) is 6. The van der Waals surface area contributed by atoms with Gasteiger partial charge in [-0.05, 0) is 6.92 Å². The van der Waals surface area contributed by atoms with Gasteiger partial charge in [0.2, 0.25) is 0 Å². The summed E-state index contributed by atoms with van der Waals surface area (Å²) in [5, 5.41) is 18.7. The first-order chi connectivity index (χ1) is 8.45. The van der Waals surface area contributed by atoms with Crippen LogP contribution in [0, 0.1) is 6.92 Å². The number of nitrogens with one attached hydrogen (secondary N) is 1. The first kappa shape index (κ1) is 13.0. The van der Waals surface area contributed by atoms with Crippen molar-refractivity contribution in [3.05, 3.63) is 32.6 Å². The van der Waals surface area contributed by atoms with Crippen LogP contribution in [-0.4, -0.2) is 44.6 Å². The van der Waals surface area contributed by atoms with E-state index < -0.39 is 42.3 Å². The maximum absolute atomic E-state index is 11.7. The Balaban J connectivity index is 2.42. The van der Waals surface area contributed by atoms with Crippen molar-refractivity contribution < 1.29 is 14.9 Å². The molecule has 1 aliphatic rings. The van der Waals surface area contributed by atoms with Crippen molar-refractivity contribution in [3.8, 4) is 0 Å². The molecule has 1 fully saturated rings. The van der Waals surface area contributed by atoms with Crippen LogP contribution < -0.4 is 17.0 Å². The Kier molecular flexibility index (Phi) is 3.35. The number of aromatic amines is 1. The molecule has 1 aliphatic heterocycles. The third-order valence-corrected chi connectivity index (χ3v) is 3.02. The molecule has 0 spiro atoms. The van der Waals surface area contributed by atoms with Crippen LogP contribution in [0.3, 0.4) is 0 Å². The molecule has 1 saturated heterocycles. The van der Waals surface area contributed by atoms with E-state index in [0.717, 1.165) is 4.57 Å². The van der Waals surface area contributed by atoms with Crippen LogP contribution in [-0.2, 0) is 4.74 Å². The number of ether oxygens (including phenoxy) is 1. The van der Waals surface area contributed by atoms with Crippen LogP contribution in [0.25, 0.3) is 0 Å². The Morgan fingerprint density at radius 1 is 1.56 bits per heavy atom. The van der Waals surface area contributed by atoms with Gasteiger partial charge in [-0.1, -0.05) is 0 Å². The second kappa shape index (κ2) is 4.65. The van der Waals surface area contributed by atoms with Crippen molar-refractivity contribution in [2.75, 3.05) is 6.61 Å². The van der Waals surface area contributed by atoms with E-state index in [9.17, 15) is 14.7 Å². The number of aliphatic hydroxyl groups excluding tert-OH is 2. The third-order valence-electron chi connectivity index (χ3n) is 3.02. The minimum absolute atomic E-state index is 0.326. The number of rotatable bonds is 2. The summed E-state index contributed by atoms with van der Waals surface area (Å²) in [6.45, 7) is 1.14. The molecule has 0 radical (unpaired) electrons. The maximum Gasteiger partial charge on any atom is 0.330 e.